The fraction of sp³-hybridized carbons (Fsp3) is 0.400. The van der Waals surface area contributed by atoms with Gasteiger partial charge in [0.1, 0.15) is 0 Å². The molecule has 0 saturated carbocycles. The van der Waals surface area contributed by atoms with Gasteiger partial charge in [-0.2, -0.15) is 0 Å². The van der Waals surface area contributed by atoms with E-state index in [2.05, 4.69) is 17.4 Å². The first-order valence-corrected chi connectivity index (χ1v) is 4.08. The molecule has 0 spiro atoms. The molecule has 1 aromatic rings. The average molecular weight is 165 g/mol. The zero-order valence-electron chi connectivity index (χ0n) is 7.79. The van der Waals surface area contributed by atoms with Crippen LogP contribution in [0.2, 0.25) is 0 Å². The number of benzene rings is 1. The lowest BCUT2D eigenvalue weighted by Crippen LogP contribution is -1.96. The van der Waals surface area contributed by atoms with Gasteiger partial charge in [-0.05, 0) is 24.6 Å². The van der Waals surface area contributed by atoms with Gasteiger partial charge in [0.05, 0.1) is 6.10 Å². The molecule has 2 nitrogen and oxygen atoms in total. The van der Waals surface area contributed by atoms with Crippen molar-refractivity contribution in [1.82, 2.24) is 0 Å². The Morgan fingerprint density at radius 1 is 1.42 bits per heavy atom. The first-order chi connectivity index (χ1) is 5.77. The molecule has 1 aromatic carbocycles. The van der Waals surface area contributed by atoms with Crippen LogP contribution in [0, 0.1) is 0 Å². The molecule has 12 heavy (non-hydrogen) atoms. The molecular formula is C10H15NO. The molecule has 0 unspecified atom stereocenters. The second kappa shape index (κ2) is 4.12. The molecule has 0 bridgehead atoms. The molecule has 0 aliphatic heterocycles. The number of anilines is 1. The first kappa shape index (κ1) is 9.07. The average Bonchev–Trinajstić information content (AvgIpc) is 2.17. The van der Waals surface area contributed by atoms with Crippen molar-refractivity contribution in [2.75, 3.05) is 19.5 Å². The van der Waals surface area contributed by atoms with Crippen LogP contribution in [0.15, 0.2) is 24.3 Å². The lowest BCUT2D eigenvalue weighted by Gasteiger charge is -2.10. The van der Waals surface area contributed by atoms with Crippen molar-refractivity contribution in [2.45, 2.75) is 13.0 Å². The Hall–Kier alpha value is -1.02. The van der Waals surface area contributed by atoms with E-state index in [4.69, 9.17) is 4.74 Å². The summed E-state index contributed by atoms with van der Waals surface area (Å²) >= 11 is 0. The predicted octanol–water partition coefficient (Wildman–Crippen LogP) is 2.44. The van der Waals surface area contributed by atoms with Crippen molar-refractivity contribution >= 4 is 5.69 Å². The van der Waals surface area contributed by atoms with E-state index in [1.165, 1.54) is 5.56 Å². The molecule has 1 N–H and O–H groups in total. The van der Waals surface area contributed by atoms with Crippen molar-refractivity contribution in [3.05, 3.63) is 29.8 Å². The molecule has 0 fully saturated rings. The van der Waals surface area contributed by atoms with Gasteiger partial charge in [-0.15, -0.1) is 0 Å². The number of ether oxygens (including phenoxy) is 1. The molecule has 0 aromatic heterocycles. The normalized spacial score (nSPS) is 12.6. The van der Waals surface area contributed by atoms with Crippen molar-refractivity contribution in [2.24, 2.45) is 0 Å². The number of hydrogen-bond acceptors (Lipinski definition) is 2. The molecule has 2 heteroatoms. The number of rotatable bonds is 3. The Morgan fingerprint density at radius 3 is 2.75 bits per heavy atom. The van der Waals surface area contributed by atoms with Gasteiger partial charge in [0.25, 0.3) is 0 Å². The Kier molecular flexibility index (Phi) is 3.11. The molecule has 0 aliphatic rings. The maximum absolute atomic E-state index is 5.21. The lowest BCUT2D eigenvalue weighted by atomic mass is 10.1. The summed E-state index contributed by atoms with van der Waals surface area (Å²) < 4.78 is 5.21. The highest BCUT2D eigenvalue weighted by atomic mass is 16.5. The molecule has 0 heterocycles. The van der Waals surface area contributed by atoms with E-state index >= 15 is 0 Å². The zero-order chi connectivity index (χ0) is 8.97. The van der Waals surface area contributed by atoms with Gasteiger partial charge < -0.3 is 10.1 Å². The van der Waals surface area contributed by atoms with Crippen LogP contribution in [0.25, 0.3) is 0 Å². The van der Waals surface area contributed by atoms with Gasteiger partial charge in [-0.3, -0.25) is 0 Å². The van der Waals surface area contributed by atoms with Crippen LogP contribution in [0.5, 0.6) is 0 Å². The molecule has 0 aliphatic carbocycles. The minimum absolute atomic E-state index is 0.165. The number of methoxy groups -OCH3 is 1. The van der Waals surface area contributed by atoms with Crippen LogP contribution in [0.1, 0.15) is 18.6 Å². The maximum Gasteiger partial charge on any atom is 0.0793 e. The van der Waals surface area contributed by atoms with Crippen LogP contribution in [-0.2, 0) is 4.74 Å². The molecule has 0 saturated heterocycles. The van der Waals surface area contributed by atoms with Crippen molar-refractivity contribution in [3.8, 4) is 0 Å². The second-order valence-electron chi connectivity index (χ2n) is 2.75. The SMILES string of the molecule is CNc1cccc([C@@H](C)OC)c1. The molecule has 66 valence electrons. The Morgan fingerprint density at radius 2 is 2.17 bits per heavy atom. The third-order valence-electron chi connectivity index (χ3n) is 2.00. The monoisotopic (exact) mass is 165 g/mol. The highest BCUT2D eigenvalue weighted by Gasteiger charge is 2.02. The van der Waals surface area contributed by atoms with E-state index < -0.39 is 0 Å². The summed E-state index contributed by atoms with van der Waals surface area (Å²) in [4.78, 5) is 0. The van der Waals surface area contributed by atoms with E-state index in [0.29, 0.717) is 0 Å². The van der Waals surface area contributed by atoms with Gasteiger partial charge >= 0.3 is 0 Å². The Balaban J connectivity index is 2.86. The van der Waals surface area contributed by atoms with Crippen LogP contribution in [-0.4, -0.2) is 14.2 Å². The minimum Gasteiger partial charge on any atom is -0.388 e. The summed E-state index contributed by atoms with van der Waals surface area (Å²) in [6.07, 6.45) is 0.165. The quantitative estimate of drug-likeness (QED) is 0.742. The van der Waals surface area contributed by atoms with Gasteiger partial charge in [0.2, 0.25) is 0 Å². The number of hydrogen-bond donors (Lipinski definition) is 1. The van der Waals surface area contributed by atoms with Crippen molar-refractivity contribution in [3.63, 3.8) is 0 Å². The summed E-state index contributed by atoms with van der Waals surface area (Å²) in [5.41, 5.74) is 2.32. The van der Waals surface area contributed by atoms with Crippen LogP contribution in [0.3, 0.4) is 0 Å². The third kappa shape index (κ3) is 1.98. The van der Waals surface area contributed by atoms with E-state index in [1.807, 2.05) is 26.1 Å². The van der Waals surface area contributed by atoms with Gasteiger partial charge in [0.15, 0.2) is 0 Å². The topological polar surface area (TPSA) is 21.3 Å². The van der Waals surface area contributed by atoms with Gasteiger partial charge in [0, 0.05) is 19.8 Å². The predicted molar refractivity (Wildman–Crippen MR) is 51.4 cm³/mol. The molecular weight excluding hydrogens is 150 g/mol. The van der Waals surface area contributed by atoms with E-state index in [-0.39, 0.29) is 6.10 Å². The summed E-state index contributed by atoms with van der Waals surface area (Å²) in [5.74, 6) is 0. The molecule has 0 radical (unpaired) electrons. The van der Waals surface area contributed by atoms with Gasteiger partial charge in [-0.1, -0.05) is 12.1 Å². The summed E-state index contributed by atoms with van der Waals surface area (Å²) in [5, 5.41) is 3.09. The summed E-state index contributed by atoms with van der Waals surface area (Å²) in [6.45, 7) is 2.04. The van der Waals surface area contributed by atoms with Crippen molar-refractivity contribution in [1.29, 1.82) is 0 Å². The highest BCUT2D eigenvalue weighted by Crippen LogP contribution is 2.18. The third-order valence-corrected chi connectivity index (χ3v) is 2.00. The van der Waals surface area contributed by atoms with E-state index in [1.54, 1.807) is 7.11 Å². The smallest absolute Gasteiger partial charge is 0.0793 e. The minimum atomic E-state index is 0.165. The van der Waals surface area contributed by atoms with E-state index in [0.717, 1.165) is 5.69 Å². The summed E-state index contributed by atoms with van der Waals surface area (Å²) in [6, 6.07) is 8.21. The zero-order valence-corrected chi connectivity index (χ0v) is 7.79. The highest BCUT2D eigenvalue weighted by molar-refractivity contribution is 5.45. The van der Waals surface area contributed by atoms with Gasteiger partial charge in [-0.25, -0.2) is 0 Å². The van der Waals surface area contributed by atoms with E-state index in [9.17, 15) is 0 Å². The fourth-order valence-corrected chi connectivity index (χ4v) is 1.08. The lowest BCUT2D eigenvalue weighted by molar-refractivity contribution is 0.119. The second-order valence-corrected chi connectivity index (χ2v) is 2.75. The standard InChI is InChI=1S/C10H15NO/c1-8(12-3)9-5-4-6-10(7-9)11-2/h4-8,11H,1-3H3/t8-/m1/s1. The first-order valence-electron chi connectivity index (χ1n) is 4.08. The molecule has 1 atom stereocenters. The summed E-state index contributed by atoms with van der Waals surface area (Å²) in [7, 11) is 3.63. The largest absolute Gasteiger partial charge is 0.388 e. The Bertz CT molecular complexity index is 247. The van der Waals surface area contributed by atoms with Crippen LogP contribution < -0.4 is 5.32 Å². The van der Waals surface area contributed by atoms with Crippen LogP contribution in [0.4, 0.5) is 5.69 Å². The Labute approximate surface area is 73.6 Å². The molecule has 1 rings (SSSR count). The number of nitrogens with one attached hydrogen (secondary N) is 1. The maximum atomic E-state index is 5.21. The van der Waals surface area contributed by atoms with Crippen molar-refractivity contribution < 1.29 is 4.74 Å². The molecule has 0 amide bonds. The fourth-order valence-electron chi connectivity index (χ4n) is 1.08. The van der Waals surface area contributed by atoms with Crippen LogP contribution >= 0.6 is 0 Å².